The number of aliphatic carboxylic acids is 1. The van der Waals surface area contributed by atoms with Gasteiger partial charge in [0.1, 0.15) is 18.2 Å². The zero-order chi connectivity index (χ0) is 31.1. The Morgan fingerprint density at radius 2 is 1.95 bits per heavy atom. The zero-order valence-corrected chi connectivity index (χ0v) is 24.9. The summed E-state index contributed by atoms with van der Waals surface area (Å²) in [5.74, 6) is -3.77. The van der Waals surface area contributed by atoms with E-state index in [1.54, 1.807) is 4.90 Å². The lowest BCUT2D eigenvalue weighted by Crippen LogP contribution is -2.55. The average Bonchev–Trinajstić information content (AvgIpc) is 2.97. The molecule has 0 aliphatic carbocycles. The number of pyridine rings is 1. The van der Waals surface area contributed by atoms with Crippen molar-refractivity contribution < 1.29 is 33.0 Å². The van der Waals surface area contributed by atoms with Crippen LogP contribution in [0.25, 0.3) is 11.1 Å². The van der Waals surface area contributed by atoms with Gasteiger partial charge < -0.3 is 25.0 Å². The molecule has 9 nitrogen and oxygen atoms in total. The highest BCUT2D eigenvalue weighted by Gasteiger charge is 2.44. The number of hydrogen-bond donors (Lipinski definition) is 2. The van der Waals surface area contributed by atoms with E-state index in [1.165, 1.54) is 24.1 Å². The number of amides is 2. The number of piperidine rings is 1. The monoisotopic (exact) mass is 614 g/mol. The lowest BCUT2D eigenvalue weighted by atomic mass is 9.80. The largest absolute Gasteiger partial charge is 0.492 e. The molecule has 0 radical (unpaired) electrons. The first-order valence-corrected chi connectivity index (χ1v) is 14.5. The van der Waals surface area contributed by atoms with Crippen molar-refractivity contribution in [2.75, 3.05) is 26.2 Å². The van der Waals surface area contributed by atoms with Gasteiger partial charge in [0.05, 0.1) is 18.2 Å². The summed E-state index contributed by atoms with van der Waals surface area (Å²) in [5.41, 5.74) is 1.14. The summed E-state index contributed by atoms with van der Waals surface area (Å²) >= 11 is 6.30. The molecule has 1 atom stereocenters. The van der Waals surface area contributed by atoms with Crippen LogP contribution >= 0.6 is 11.6 Å². The second kappa shape index (κ2) is 11.9. The number of rotatable bonds is 7. The number of halogens is 3. The Balaban J connectivity index is 1.30. The van der Waals surface area contributed by atoms with Crippen molar-refractivity contribution in [2.24, 2.45) is 11.3 Å². The SMILES string of the molecule is C[C@@H](COc1ccc(F)cc1-c1cnc(C(=O)N2CCC(N3C(=O)C(C)(C)CC4=C3C=C(Cl)CN4)CC2)c(F)c1)C(=O)O. The summed E-state index contributed by atoms with van der Waals surface area (Å²) in [4.78, 5) is 45.3. The number of carbonyl (C=O) groups excluding carboxylic acids is 2. The van der Waals surface area contributed by atoms with E-state index in [0.29, 0.717) is 43.9 Å². The summed E-state index contributed by atoms with van der Waals surface area (Å²) in [5, 5.41) is 13.1. The third kappa shape index (κ3) is 6.22. The van der Waals surface area contributed by atoms with E-state index >= 15 is 4.39 Å². The number of dihydropyridines is 1. The molecule has 1 aromatic carbocycles. The molecular formula is C31H33ClF2N4O5. The Morgan fingerprint density at radius 3 is 2.63 bits per heavy atom. The molecule has 1 fully saturated rings. The number of carboxylic acids is 1. The number of ether oxygens (including phenoxy) is 1. The van der Waals surface area contributed by atoms with E-state index in [1.807, 2.05) is 19.9 Å². The van der Waals surface area contributed by atoms with Crippen molar-refractivity contribution >= 4 is 29.4 Å². The van der Waals surface area contributed by atoms with E-state index in [0.717, 1.165) is 29.6 Å². The molecule has 0 saturated carbocycles. The molecule has 12 heteroatoms. The maximum absolute atomic E-state index is 15.3. The van der Waals surface area contributed by atoms with Gasteiger partial charge in [0.15, 0.2) is 11.5 Å². The van der Waals surface area contributed by atoms with Crippen LogP contribution in [0, 0.1) is 23.0 Å². The number of nitrogens with one attached hydrogen (secondary N) is 1. The number of carboxylic acid groups (broad SMARTS) is 1. The molecule has 2 N–H and O–H groups in total. The maximum atomic E-state index is 15.3. The first-order chi connectivity index (χ1) is 20.4. The fourth-order valence-corrected chi connectivity index (χ4v) is 5.78. The Kier molecular flexibility index (Phi) is 8.47. The van der Waals surface area contributed by atoms with Gasteiger partial charge in [-0.3, -0.25) is 14.4 Å². The van der Waals surface area contributed by atoms with Gasteiger partial charge in [-0.1, -0.05) is 25.4 Å². The Bertz CT molecular complexity index is 1530. The standard InChI is InChI=1S/C31H33ClF2N4O5/c1-17(29(40)41)16-43-26-5-4-20(33)12-22(26)18-10-23(34)27(36-14-18)28(39)37-8-6-21(7-9-37)38-25-11-19(32)15-35-24(25)13-31(2,3)30(38)42/h4-5,10-12,14,17,21,35H,6-9,13,15-16H2,1-3H3,(H,40,41)/t17-/m0/s1. The fraction of sp³-hybridized carbons (Fsp3) is 0.419. The number of likely N-dealkylation sites (tertiary alicyclic amines) is 1. The predicted octanol–water partition coefficient (Wildman–Crippen LogP) is 4.93. The molecule has 2 amide bonds. The summed E-state index contributed by atoms with van der Waals surface area (Å²) in [6, 6.07) is 4.56. The lowest BCUT2D eigenvalue weighted by Gasteiger charge is -2.46. The molecule has 1 aromatic heterocycles. The Labute approximate surface area is 253 Å². The normalized spacial score (nSPS) is 19.4. The molecule has 3 aliphatic heterocycles. The van der Waals surface area contributed by atoms with Crippen LogP contribution in [0.5, 0.6) is 5.75 Å². The molecule has 0 spiro atoms. The van der Waals surface area contributed by atoms with Gasteiger partial charge >= 0.3 is 5.97 Å². The minimum absolute atomic E-state index is 0.00172. The second-order valence-corrected chi connectivity index (χ2v) is 12.3. The minimum Gasteiger partial charge on any atom is -0.492 e. The van der Waals surface area contributed by atoms with Crippen LogP contribution in [0.1, 0.15) is 50.5 Å². The zero-order valence-electron chi connectivity index (χ0n) is 24.1. The van der Waals surface area contributed by atoms with Crippen LogP contribution < -0.4 is 10.1 Å². The number of benzene rings is 1. The maximum Gasteiger partial charge on any atom is 0.309 e. The number of allylic oxidation sites excluding steroid dienone is 2. The van der Waals surface area contributed by atoms with Gasteiger partial charge in [0, 0.05) is 59.0 Å². The quantitative estimate of drug-likeness (QED) is 0.455. The summed E-state index contributed by atoms with van der Waals surface area (Å²) in [6.07, 6.45) is 4.67. The molecule has 3 aliphatic rings. The number of carbonyl (C=O) groups is 3. The highest BCUT2D eigenvalue weighted by Crippen LogP contribution is 2.40. The van der Waals surface area contributed by atoms with Gasteiger partial charge in [0.2, 0.25) is 5.91 Å². The number of aromatic nitrogens is 1. The smallest absolute Gasteiger partial charge is 0.309 e. The second-order valence-electron chi connectivity index (χ2n) is 11.8. The molecule has 5 rings (SSSR count). The first kappa shape index (κ1) is 30.5. The van der Waals surface area contributed by atoms with Crippen molar-refractivity contribution in [3.8, 4) is 16.9 Å². The van der Waals surface area contributed by atoms with Gasteiger partial charge in [0.25, 0.3) is 5.91 Å². The third-order valence-electron chi connectivity index (χ3n) is 8.07. The Morgan fingerprint density at radius 1 is 1.23 bits per heavy atom. The van der Waals surface area contributed by atoms with Gasteiger partial charge in [-0.25, -0.2) is 13.8 Å². The van der Waals surface area contributed by atoms with Crippen LogP contribution in [-0.2, 0) is 9.59 Å². The van der Waals surface area contributed by atoms with Crippen LogP contribution in [0.4, 0.5) is 8.78 Å². The van der Waals surface area contributed by atoms with Crippen LogP contribution in [0.3, 0.4) is 0 Å². The van der Waals surface area contributed by atoms with Crippen molar-refractivity contribution in [1.82, 2.24) is 20.1 Å². The van der Waals surface area contributed by atoms with Crippen LogP contribution in [-0.4, -0.2) is 70.0 Å². The number of hydrogen-bond acceptors (Lipinski definition) is 6. The summed E-state index contributed by atoms with van der Waals surface area (Å²) < 4.78 is 35.0. The molecule has 0 unspecified atom stereocenters. The summed E-state index contributed by atoms with van der Waals surface area (Å²) in [6.45, 7) is 6.24. The number of nitrogens with zero attached hydrogens (tertiary/aromatic N) is 3. The predicted molar refractivity (Wildman–Crippen MR) is 155 cm³/mol. The molecule has 0 bridgehead atoms. The molecule has 228 valence electrons. The molecular weight excluding hydrogens is 582 g/mol. The van der Waals surface area contributed by atoms with Crippen LogP contribution in [0.15, 0.2) is 53.0 Å². The molecule has 1 saturated heterocycles. The lowest BCUT2D eigenvalue weighted by molar-refractivity contribution is -0.143. The third-order valence-corrected chi connectivity index (χ3v) is 8.32. The highest BCUT2D eigenvalue weighted by atomic mass is 35.5. The van der Waals surface area contributed by atoms with Gasteiger partial charge in [-0.05, 0) is 50.1 Å². The molecule has 2 aromatic rings. The average molecular weight is 615 g/mol. The summed E-state index contributed by atoms with van der Waals surface area (Å²) in [7, 11) is 0. The van der Waals surface area contributed by atoms with E-state index in [-0.39, 0.29) is 41.1 Å². The van der Waals surface area contributed by atoms with Gasteiger partial charge in [-0.2, -0.15) is 0 Å². The first-order valence-electron chi connectivity index (χ1n) is 14.1. The fourth-order valence-electron chi connectivity index (χ4n) is 5.61. The molecule has 4 heterocycles. The highest BCUT2D eigenvalue weighted by molar-refractivity contribution is 6.30. The Hall–Kier alpha value is -3.99. The van der Waals surface area contributed by atoms with E-state index in [4.69, 9.17) is 21.4 Å². The van der Waals surface area contributed by atoms with Gasteiger partial charge in [-0.15, -0.1) is 0 Å². The van der Waals surface area contributed by atoms with Crippen LogP contribution in [0.2, 0.25) is 0 Å². The molecule has 43 heavy (non-hydrogen) atoms. The van der Waals surface area contributed by atoms with Crippen molar-refractivity contribution in [2.45, 2.75) is 46.1 Å². The van der Waals surface area contributed by atoms with E-state index < -0.39 is 34.8 Å². The van der Waals surface area contributed by atoms with Crippen molar-refractivity contribution in [3.63, 3.8) is 0 Å². The van der Waals surface area contributed by atoms with E-state index in [9.17, 15) is 18.8 Å². The van der Waals surface area contributed by atoms with Crippen molar-refractivity contribution in [1.29, 1.82) is 0 Å². The minimum atomic E-state index is -1.05. The van der Waals surface area contributed by atoms with E-state index in [2.05, 4.69) is 10.3 Å². The van der Waals surface area contributed by atoms with Crippen molar-refractivity contribution in [3.05, 3.63) is 70.3 Å². The topological polar surface area (TPSA) is 112 Å².